The second-order valence-electron chi connectivity index (χ2n) is 4.53. The zero-order chi connectivity index (χ0) is 15.2. The van der Waals surface area contributed by atoms with Gasteiger partial charge in [-0.25, -0.2) is 4.98 Å². The van der Waals surface area contributed by atoms with Crippen molar-refractivity contribution in [2.75, 3.05) is 13.7 Å². The number of hydrogen-bond donors (Lipinski definition) is 0. The van der Waals surface area contributed by atoms with Gasteiger partial charge in [0.15, 0.2) is 0 Å². The molecule has 0 fully saturated rings. The van der Waals surface area contributed by atoms with Gasteiger partial charge in [-0.3, -0.25) is 4.79 Å². The van der Waals surface area contributed by atoms with Gasteiger partial charge in [0, 0.05) is 30.9 Å². The van der Waals surface area contributed by atoms with Gasteiger partial charge in [-0.15, -0.1) is 0 Å². The predicted octanol–water partition coefficient (Wildman–Crippen LogP) is 2.89. The van der Waals surface area contributed by atoms with Crippen LogP contribution in [0, 0.1) is 5.95 Å². The Balaban J connectivity index is 2.13. The number of carbonyl (C=O) groups is 1. The van der Waals surface area contributed by atoms with Gasteiger partial charge in [0.05, 0.1) is 7.11 Å². The fourth-order valence-electron chi connectivity index (χ4n) is 2.00. The first-order valence-corrected chi connectivity index (χ1v) is 6.67. The van der Waals surface area contributed by atoms with E-state index in [1.807, 2.05) is 31.2 Å². The summed E-state index contributed by atoms with van der Waals surface area (Å²) in [5.41, 5.74) is 1.29. The highest BCUT2D eigenvalue weighted by Gasteiger charge is 2.15. The van der Waals surface area contributed by atoms with Gasteiger partial charge in [0.2, 0.25) is 5.95 Å². The first kappa shape index (κ1) is 15.0. The lowest BCUT2D eigenvalue weighted by Gasteiger charge is -2.21. The molecule has 2 rings (SSSR count). The minimum Gasteiger partial charge on any atom is -0.497 e. The third-order valence-corrected chi connectivity index (χ3v) is 3.17. The van der Waals surface area contributed by atoms with Crippen molar-refractivity contribution in [1.29, 1.82) is 0 Å². The molecule has 0 aliphatic heterocycles. The van der Waals surface area contributed by atoms with Crippen LogP contribution in [0.1, 0.15) is 22.8 Å². The van der Waals surface area contributed by atoms with Crippen LogP contribution < -0.4 is 4.74 Å². The average Bonchev–Trinajstić information content (AvgIpc) is 2.52. The normalized spacial score (nSPS) is 10.2. The molecule has 0 saturated carbocycles. The van der Waals surface area contributed by atoms with Crippen molar-refractivity contribution in [2.24, 2.45) is 0 Å². The Hall–Kier alpha value is -2.43. The Bertz CT molecular complexity index is 614. The van der Waals surface area contributed by atoms with Gasteiger partial charge in [0.25, 0.3) is 5.91 Å². The van der Waals surface area contributed by atoms with Crippen LogP contribution in [0.2, 0.25) is 0 Å². The molecule has 4 nitrogen and oxygen atoms in total. The molecule has 21 heavy (non-hydrogen) atoms. The molecule has 0 aliphatic rings. The summed E-state index contributed by atoms with van der Waals surface area (Å²) in [4.78, 5) is 17.5. The molecular weight excluding hydrogens is 271 g/mol. The van der Waals surface area contributed by atoms with Crippen LogP contribution in [0.4, 0.5) is 4.39 Å². The molecular formula is C16H17FN2O2. The molecule has 0 atom stereocenters. The number of nitrogens with zero attached hydrogens (tertiary/aromatic N) is 2. The number of hydrogen-bond acceptors (Lipinski definition) is 3. The van der Waals surface area contributed by atoms with Crippen molar-refractivity contribution < 1.29 is 13.9 Å². The number of ether oxygens (including phenoxy) is 1. The standard InChI is InChI=1S/C16H17FN2O2/c1-3-19(11-12-4-6-14(21-2)7-5-12)16(20)13-8-9-18-15(17)10-13/h4-10H,3,11H2,1-2H3. The summed E-state index contributed by atoms with van der Waals surface area (Å²) in [5, 5.41) is 0. The van der Waals surface area contributed by atoms with E-state index in [1.165, 1.54) is 12.3 Å². The van der Waals surface area contributed by atoms with Crippen LogP contribution in [0.3, 0.4) is 0 Å². The van der Waals surface area contributed by atoms with Gasteiger partial charge in [-0.2, -0.15) is 4.39 Å². The van der Waals surface area contributed by atoms with Crippen LogP contribution in [-0.4, -0.2) is 29.4 Å². The summed E-state index contributed by atoms with van der Waals surface area (Å²) in [6, 6.07) is 10.2. The van der Waals surface area contributed by atoms with Crippen LogP contribution in [0.5, 0.6) is 5.75 Å². The van der Waals surface area contributed by atoms with E-state index in [0.29, 0.717) is 18.7 Å². The number of pyridine rings is 1. The van der Waals surface area contributed by atoms with Crippen molar-refractivity contribution in [3.8, 4) is 5.75 Å². The summed E-state index contributed by atoms with van der Waals surface area (Å²) >= 11 is 0. The number of halogens is 1. The molecule has 2 aromatic rings. The maximum absolute atomic E-state index is 13.1. The molecule has 0 saturated heterocycles. The Labute approximate surface area is 123 Å². The van der Waals surface area contributed by atoms with E-state index < -0.39 is 5.95 Å². The predicted molar refractivity (Wildman–Crippen MR) is 77.6 cm³/mol. The highest BCUT2D eigenvalue weighted by molar-refractivity contribution is 5.94. The van der Waals surface area contributed by atoms with E-state index in [2.05, 4.69) is 4.98 Å². The van der Waals surface area contributed by atoms with Crippen molar-refractivity contribution in [3.05, 3.63) is 59.7 Å². The van der Waals surface area contributed by atoms with Crippen molar-refractivity contribution in [3.63, 3.8) is 0 Å². The minimum atomic E-state index is -0.652. The third-order valence-electron chi connectivity index (χ3n) is 3.17. The first-order chi connectivity index (χ1) is 10.1. The maximum atomic E-state index is 13.1. The van der Waals surface area contributed by atoms with Gasteiger partial charge in [0.1, 0.15) is 5.75 Å². The molecule has 0 N–H and O–H groups in total. The van der Waals surface area contributed by atoms with Crippen molar-refractivity contribution in [2.45, 2.75) is 13.5 Å². The van der Waals surface area contributed by atoms with Crippen LogP contribution in [-0.2, 0) is 6.54 Å². The maximum Gasteiger partial charge on any atom is 0.254 e. The smallest absolute Gasteiger partial charge is 0.254 e. The molecule has 1 heterocycles. The average molecular weight is 288 g/mol. The second kappa shape index (κ2) is 6.83. The van der Waals surface area contributed by atoms with Crippen LogP contribution in [0.15, 0.2) is 42.6 Å². The van der Waals surface area contributed by atoms with Gasteiger partial charge >= 0.3 is 0 Å². The van der Waals surface area contributed by atoms with E-state index in [9.17, 15) is 9.18 Å². The zero-order valence-corrected chi connectivity index (χ0v) is 12.0. The largest absolute Gasteiger partial charge is 0.497 e. The topological polar surface area (TPSA) is 42.4 Å². The van der Waals surface area contributed by atoms with Crippen LogP contribution in [0.25, 0.3) is 0 Å². The molecule has 0 unspecified atom stereocenters. The van der Waals surface area contributed by atoms with E-state index in [1.54, 1.807) is 12.0 Å². The minimum absolute atomic E-state index is 0.213. The molecule has 0 spiro atoms. The van der Waals surface area contributed by atoms with Gasteiger partial charge < -0.3 is 9.64 Å². The Morgan fingerprint density at radius 1 is 1.29 bits per heavy atom. The summed E-state index contributed by atoms with van der Waals surface area (Å²) in [6.07, 6.45) is 1.30. The quantitative estimate of drug-likeness (QED) is 0.794. The monoisotopic (exact) mass is 288 g/mol. The third kappa shape index (κ3) is 3.78. The number of amides is 1. The van der Waals surface area contributed by atoms with Crippen LogP contribution >= 0.6 is 0 Å². The fourth-order valence-corrected chi connectivity index (χ4v) is 2.00. The number of methoxy groups -OCH3 is 1. The van der Waals surface area contributed by atoms with E-state index in [4.69, 9.17) is 4.74 Å². The molecule has 1 aromatic heterocycles. The lowest BCUT2D eigenvalue weighted by molar-refractivity contribution is 0.0752. The number of benzene rings is 1. The fraction of sp³-hybridized carbons (Fsp3) is 0.250. The summed E-state index contributed by atoms with van der Waals surface area (Å²) < 4.78 is 18.2. The number of rotatable bonds is 5. The lowest BCUT2D eigenvalue weighted by Crippen LogP contribution is -2.30. The molecule has 5 heteroatoms. The molecule has 1 amide bonds. The number of carbonyl (C=O) groups excluding carboxylic acids is 1. The van der Waals surface area contributed by atoms with Gasteiger partial charge in [-0.1, -0.05) is 12.1 Å². The lowest BCUT2D eigenvalue weighted by atomic mass is 10.1. The molecule has 0 bridgehead atoms. The highest BCUT2D eigenvalue weighted by Crippen LogP contribution is 2.14. The Kier molecular flexibility index (Phi) is 4.87. The van der Waals surface area contributed by atoms with Gasteiger partial charge in [-0.05, 0) is 30.7 Å². The van der Waals surface area contributed by atoms with E-state index in [0.717, 1.165) is 17.4 Å². The zero-order valence-electron chi connectivity index (χ0n) is 12.0. The highest BCUT2D eigenvalue weighted by atomic mass is 19.1. The summed E-state index contributed by atoms with van der Waals surface area (Å²) in [5.74, 6) is -0.0969. The molecule has 0 radical (unpaired) electrons. The van der Waals surface area contributed by atoms with E-state index >= 15 is 0 Å². The van der Waals surface area contributed by atoms with Crippen molar-refractivity contribution >= 4 is 5.91 Å². The first-order valence-electron chi connectivity index (χ1n) is 6.67. The van der Waals surface area contributed by atoms with Crippen molar-refractivity contribution in [1.82, 2.24) is 9.88 Å². The molecule has 0 aliphatic carbocycles. The number of aromatic nitrogens is 1. The SMILES string of the molecule is CCN(Cc1ccc(OC)cc1)C(=O)c1ccnc(F)c1. The molecule has 1 aromatic carbocycles. The summed E-state index contributed by atoms with van der Waals surface area (Å²) in [6.45, 7) is 2.89. The summed E-state index contributed by atoms with van der Waals surface area (Å²) in [7, 11) is 1.61. The van der Waals surface area contributed by atoms with E-state index in [-0.39, 0.29) is 5.91 Å². The Morgan fingerprint density at radius 3 is 2.57 bits per heavy atom. The Morgan fingerprint density at radius 2 is 2.00 bits per heavy atom. The molecule has 110 valence electrons. The second-order valence-corrected chi connectivity index (χ2v) is 4.53.